The second kappa shape index (κ2) is 3.91. The minimum Gasteiger partial charge on any atom is -0.463 e. The van der Waals surface area contributed by atoms with Gasteiger partial charge in [-0.3, -0.25) is 4.79 Å². The van der Waals surface area contributed by atoms with Gasteiger partial charge < -0.3 is 4.42 Å². The normalized spacial score (nSPS) is 10.6. The highest BCUT2D eigenvalue weighted by Gasteiger charge is 2.06. The molecule has 0 N–H and O–H groups in total. The van der Waals surface area contributed by atoms with Crippen molar-refractivity contribution >= 4 is 11.0 Å². The Morgan fingerprint density at radius 3 is 2.47 bits per heavy atom. The summed E-state index contributed by atoms with van der Waals surface area (Å²) in [6, 6.07) is 17.0. The third-order valence-electron chi connectivity index (χ3n) is 2.77. The zero-order valence-electron chi connectivity index (χ0n) is 9.09. The van der Waals surface area contributed by atoms with Gasteiger partial charge in [-0.1, -0.05) is 42.5 Å². The summed E-state index contributed by atoms with van der Waals surface area (Å²) in [6.07, 6.45) is 1.44. The summed E-state index contributed by atoms with van der Waals surface area (Å²) in [4.78, 5) is 11.7. The lowest BCUT2D eigenvalue weighted by molar-refractivity contribution is 0.603. The Bertz CT molecular complexity index is 712. The summed E-state index contributed by atoms with van der Waals surface area (Å²) in [6.45, 7) is 0. The second-order valence-electron chi connectivity index (χ2n) is 3.83. The van der Waals surface area contributed by atoms with Crippen LogP contribution in [0, 0.1) is 0 Å². The first-order valence-corrected chi connectivity index (χ1v) is 5.42. The Hall–Kier alpha value is -2.35. The van der Waals surface area contributed by atoms with Gasteiger partial charge in [0.25, 0.3) is 0 Å². The molecule has 2 heteroatoms. The lowest BCUT2D eigenvalue weighted by atomic mass is 10.0. The highest BCUT2D eigenvalue weighted by molar-refractivity contribution is 5.91. The van der Waals surface area contributed by atoms with Crippen LogP contribution in [-0.2, 0) is 0 Å². The zero-order chi connectivity index (χ0) is 11.7. The Balaban J connectivity index is 2.39. The minimum atomic E-state index is -0.0102. The van der Waals surface area contributed by atoms with Gasteiger partial charge in [-0.2, -0.15) is 0 Å². The molecule has 0 spiro atoms. The molecule has 2 nitrogen and oxygen atoms in total. The van der Waals surface area contributed by atoms with Crippen molar-refractivity contribution in [3.8, 4) is 11.1 Å². The van der Waals surface area contributed by atoms with Crippen LogP contribution in [0.15, 0.2) is 70.1 Å². The maximum Gasteiger partial charge on any atom is 0.192 e. The van der Waals surface area contributed by atoms with Crippen molar-refractivity contribution in [1.82, 2.24) is 0 Å². The van der Waals surface area contributed by atoms with Crippen molar-refractivity contribution in [3.63, 3.8) is 0 Å². The van der Waals surface area contributed by atoms with Crippen molar-refractivity contribution in [3.05, 3.63) is 71.1 Å². The van der Waals surface area contributed by atoms with E-state index in [-0.39, 0.29) is 5.43 Å². The average Bonchev–Trinajstić information content (AvgIpc) is 2.40. The summed E-state index contributed by atoms with van der Waals surface area (Å²) < 4.78 is 5.48. The summed E-state index contributed by atoms with van der Waals surface area (Å²) in [7, 11) is 0. The van der Waals surface area contributed by atoms with Gasteiger partial charge in [-0.05, 0) is 11.6 Å². The second-order valence-corrected chi connectivity index (χ2v) is 3.83. The van der Waals surface area contributed by atoms with Crippen molar-refractivity contribution in [2.45, 2.75) is 0 Å². The molecular weight excluding hydrogens is 212 g/mol. The molecule has 1 heterocycles. The molecule has 3 rings (SSSR count). The van der Waals surface area contributed by atoms with E-state index in [0.717, 1.165) is 11.1 Å². The van der Waals surface area contributed by atoms with E-state index in [4.69, 9.17) is 4.42 Å². The molecule has 1 aromatic heterocycles. The topological polar surface area (TPSA) is 30.2 Å². The van der Waals surface area contributed by atoms with Crippen LogP contribution in [0.5, 0.6) is 0 Å². The van der Waals surface area contributed by atoms with Crippen LogP contribution in [0.2, 0.25) is 0 Å². The Morgan fingerprint density at radius 1 is 0.824 bits per heavy atom. The highest BCUT2D eigenvalue weighted by Crippen LogP contribution is 2.26. The van der Waals surface area contributed by atoms with Crippen molar-refractivity contribution in [2.24, 2.45) is 0 Å². The maximum absolute atomic E-state index is 11.7. The van der Waals surface area contributed by atoms with E-state index in [1.54, 1.807) is 6.07 Å². The first-order chi connectivity index (χ1) is 8.36. The van der Waals surface area contributed by atoms with Gasteiger partial charge in [0.15, 0.2) is 5.43 Å². The Labute approximate surface area is 98.1 Å². The van der Waals surface area contributed by atoms with Gasteiger partial charge >= 0.3 is 0 Å². The van der Waals surface area contributed by atoms with Crippen LogP contribution < -0.4 is 5.43 Å². The quantitative estimate of drug-likeness (QED) is 0.631. The molecule has 0 fully saturated rings. The van der Waals surface area contributed by atoms with Crippen molar-refractivity contribution in [1.29, 1.82) is 0 Å². The van der Waals surface area contributed by atoms with Crippen LogP contribution in [0.4, 0.5) is 0 Å². The molecule has 0 saturated heterocycles. The van der Waals surface area contributed by atoms with E-state index in [9.17, 15) is 4.79 Å². The number of rotatable bonds is 1. The molecule has 17 heavy (non-hydrogen) atoms. The molecule has 82 valence electrons. The number of benzene rings is 2. The summed E-state index contributed by atoms with van der Waals surface area (Å²) in [5.41, 5.74) is 2.63. The van der Waals surface area contributed by atoms with Crippen molar-refractivity contribution in [2.75, 3.05) is 0 Å². The third-order valence-corrected chi connectivity index (χ3v) is 2.77. The SMILES string of the molecule is O=c1ccoc2c(-c3ccccc3)cccc12. The number of fused-ring (bicyclic) bond motifs is 1. The first kappa shape index (κ1) is 9.85. The molecule has 0 radical (unpaired) electrons. The molecule has 0 aliphatic heterocycles. The fourth-order valence-electron chi connectivity index (χ4n) is 1.96. The minimum absolute atomic E-state index is 0.0102. The van der Waals surface area contributed by atoms with Crippen LogP contribution in [0.3, 0.4) is 0 Å². The molecule has 0 bridgehead atoms. The predicted molar refractivity (Wildman–Crippen MR) is 67.9 cm³/mol. The molecule has 0 atom stereocenters. The Kier molecular flexibility index (Phi) is 2.26. The summed E-state index contributed by atoms with van der Waals surface area (Å²) in [5.74, 6) is 0. The monoisotopic (exact) mass is 222 g/mol. The fraction of sp³-hybridized carbons (Fsp3) is 0. The molecular formula is C15H10O2. The predicted octanol–water partition coefficient (Wildman–Crippen LogP) is 3.46. The van der Waals surface area contributed by atoms with E-state index in [1.165, 1.54) is 12.3 Å². The standard InChI is InChI=1S/C15H10O2/c16-14-9-10-17-15-12(7-4-8-13(14)15)11-5-2-1-3-6-11/h1-10H. The molecule has 3 aromatic rings. The lowest BCUT2D eigenvalue weighted by Crippen LogP contribution is -1.98. The van der Waals surface area contributed by atoms with Gasteiger partial charge in [0.1, 0.15) is 5.58 Å². The van der Waals surface area contributed by atoms with Gasteiger partial charge in [0, 0.05) is 11.6 Å². The number of hydrogen-bond acceptors (Lipinski definition) is 2. The molecule has 0 amide bonds. The van der Waals surface area contributed by atoms with Gasteiger partial charge in [-0.25, -0.2) is 0 Å². The van der Waals surface area contributed by atoms with E-state index >= 15 is 0 Å². The van der Waals surface area contributed by atoms with E-state index in [1.807, 2.05) is 42.5 Å². The van der Waals surface area contributed by atoms with Crippen molar-refractivity contribution < 1.29 is 4.42 Å². The maximum atomic E-state index is 11.7. The van der Waals surface area contributed by atoms with E-state index < -0.39 is 0 Å². The zero-order valence-corrected chi connectivity index (χ0v) is 9.09. The molecule has 0 aliphatic carbocycles. The number of hydrogen-bond donors (Lipinski definition) is 0. The van der Waals surface area contributed by atoms with E-state index in [2.05, 4.69) is 0 Å². The first-order valence-electron chi connectivity index (χ1n) is 5.42. The Morgan fingerprint density at radius 2 is 1.65 bits per heavy atom. The van der Waals surface area contributed by atoms with Gasteiger partial charge in [0.05, 0.1) is 11.6 Å². The summed E-state index contributed by atoms with van der Waals surface area (Å²) >= 11 is 0. The lowest BCUT2D eigenvalue weighted by Gasteiger charge is -2.04. The van der Waals surface area contributed by atoms with Crippen LogP contribution >= 0.6 is 0 Å². The number of para-hydroxylation sites is 1. The van der Waals surface area contributed by atoms with Crippen LogP contribution in [-0.4, -0.2) is 0 Å². The third kappa shape index (κ3) is 1.64. The van der Waals surface area contributed by atoms with E-state index in [0.29, 0.717) is 11.0 Å². The molecule has 0 unspecified atom stereocenters. The smallest absolute Gasteiger partial charge is 0.192 e. The highest BCUT2D eigenvalue weighted by atomic mass is 16.3. The molecule has 0 saturated carbocycles. The molecule has 2 aromatic carbocycles. The van der Waals surface area contributed by atoms with Gasteiger partial charge in [0.2, 0.25) is 0 Å². The fourth-order valence-corrected chi connectivity index (χ4v) is 1.96. The average molecular weight is 222 g/mol. The largest absolute Gasteiger partial charge is 0.463 e. The summed E-state index contributed by atoms with van der Waals surface area (Å²) in [5, 5.41) is 0.619. The molecule has 0 aliphatic rings. The van der Waals surface area contributed by atoms with Crippen LogP contribution in [0.25, 0.3) is 22.1 Å². The van der Waals surface area contributed by atoms with Crippen LogP contribution in [0.1, 0.15) is 0 Å². The van der Waals surface area contributed by atoms with Gasteiger partial charge in [-0.15, -0.1) is 0 Å².